The van der Waals surface area contributed by atoms with E-state index in [-0.39, 0.29) is 21.8 Å². The summed E-state index contributed by atoms with van der Waals surface area (Å²) in [5.74, 6) is 1.46. The average Bonchev–Trinajstić information content (AvgIpc) is 2.72. The van der Waals surface area contributed by atoms with Gasteiger partial charge in [0.25, 0.3) is 0 Å². The molecular formula is C22H27Cl2NO4S. The number of fused-ring (bicyclic) bond motifs is 3. The molecule has 2 bridgehead atoms. The molecule has 3 fully saturated rings. The fraction of sp³-hybridized carbons (Fsp3) is 0.500. The van der Waals surface area contributed by atoms with Gasteiger partial charge in [-0.3, -0.25) is 0 Å². The molecule has 164 valence electrons. The molecule has 3 aliphatic rings. The maximum Gasteiger partial charge on any atom is 0.330 e. The van der Waals surface area contributed by atoms with Gasteiger partial charge in [0.1, 0.15) is 4.90 Å². The van der Waals surface area contributed by atoms with Gasteiger partial charge in [-0.25, -0.2) is 17.9 Å². The first kappa shape index (κ1) is 23.3. The van der Waals surface area contributed by atoms with Gasteiger partial charge in [0.15, 0.2) is 0 Å². The lowest BCUT2D eigenvalue weighted by molar-refractivity contribution is -0.134. The zero-order valence-corrected chi connectivity index (χ0v) is 19.2. The second-order valence-corrected chi connectivity index (χ2v) is 10.6. The highest BCUT2D eigenvalue weighted by molar-refractivity contribution is 7.89. The normalized spacial score (nSPS) is 26.5. The molecule has 0 aromatic heterocycles. The lowest BCUT2D eigenvalue weighted by Gasteiger charge is -2.48. The minimum Gasteiger partial charge on any atom is -0.466 e. The summed E-state index contributed by atoms with van der Waals surface area (Å²) >= 11 is 12.0. The number of carbonyl (C=O) groups is 1. The monoisotopic (exact) mass is 471 g/mol. The molecular weight excluding hydrogens is 445 g/mol. The van der Waals surface area contributed by atoms with Crippen LogP contribution in [0.5, 0.6) is 0 Å². The molecule has 2 atom stereocenters. The Morgan fingerprint density at radius 3 is 2.43 bits per heavy atom. The van der Waals surface area contributed by atoms with Gasteiger partial charge in [0.05, 0.1) is 12.1 Å². The SMILES string of the molecule is COC(=O)C=CC=CC[C@H]1C2CCC(CC2)[C@@H]1CNS(=O)(=O)c1ccc(Cl)cc1Cl. The van der Waals surface area contributed by atoms with Crippen LogP contribution in [0.1, 0.15) is 32.1 Å². The van der Waals surface area contributed by atoms with E-state index in [1.807, 2.05) is 6.08 Å². The Hall–Kier alpha value is -1.34. The lowest BCUT2D eigenvalue weighted by Crippen LogP contribution is -2.45. The molecule has 4 rings (SSSR count). The van der Waals surface area contributed by atoms with Gasteiger partial charge in [0, 0.05) is 17.6 Å². The van der Waals surface area contributed by atoms with Crippen molar-refractivity contribution in [1.29, 1.82) is 0 Å². The first-order valence-corrected chi connectivity index (χ1v) is 12.4. The van der Waals surface area contributed by atoms with Crippen molar-refractivity contribution >= 4 is 39.2 Å². The Bertz CT molecular complexity index is 921. The lowest BCUT2D eigenvalue weighted by atomic mass is 9.58. The van der Waals surface area contributed by atoms with Crippen molar-refractivity contribution in [2.45, 2.75) is 37.0 Å². The smallest absolute Gasteiger partial charge is 0.330 e. The maximum absolute atomic E-state index is 12.8. The van der Waals surface area contributed by atoms with Crippen molar-refractivity contribution in [3.8, 4) is 0 Å². The first-order chi connectivity index (χ1) is 14.3. The van der Waals surface area contributed by atoms with E-state index in [2.05, 4.69) is 15.5 Å². The Labute approximate surface area is 188 Å². The third kappa shape index (κ3) is 5.67. The molecule has 1 aromatic carbocycles. The number of sulfonamides is 1. The van der Waals surface area contributed by atoms with Crippen molar-refractivity contribution in [3.63, 3.8) is 0 Å². The van der Waals surface area contributed by atoms with Gasteiger partial charge >= 0.3 is 5.97 Å². The molecule has 0 unspecified atom stereocenters. The number of hydrogen-bond donors (Lipinski definition) is 1. The van der Waals surface area contributed by atoms with Crippen LogP contribution in [0.2, 0.25) is 10.0 Å². The largest absolute Gasteiger partial charge is 0.466 e. The summed E-state index contributed by atoms with van der Waals surface area (Å²) in [6.07, 6.45) is 12.5. The van der Waals surface area contributed by atoms with Crippen LogP contribution in [0.3, 0.4) is 0 Å². The number of carbonyl (C=O) groups excluding carboxylic acids is 1. The number of methoxy groups -OCH3 is 1. The topological polar surface area (TPSA) is 72.5 Å². The van der Waals surface area contributed by atoms with Crippen LogP contribution >= 0.6 is 23.2 Å². The zero-order valence-electron chi connectivity index (χ0n) is 16.9. The van der Waals surface area contributed by atoms with Gasteiger partial charge in [-0.05, 0) is 74.0 Å². The molecule has 0 aliphatic heterocycles. The number of benzene rings is 1. The van der Waals surface area contributed by atoms with Gasteiger partial charge in [-0.15, -0.1) is 0 Å². The van der Waals surface area contributed by atoms with E-state index in [0.29, 0.717) is 29.3 Å². The molecule has 0 spiro atoms. The summed E-state index contributed by atoms with van der Waals surface area (Å²) in [6, 6.07) is 4.41. The highest BCUT2D eigenvalue weighted by atomic mass is 35.5. The Morgan fingerprint density at radius 2 is 1.80 bits per heavy atom. The van der Waals surface area contributed by atoms with Crippen molar-refractivity contribution in [3.05, 3.63) is 52.5 Å². The van der Waals surface area contributed by atoms with E-state index in [9.17, 15) is 13.2 Å². The third-order valence-electron chi connectivity index (χ3n) is 6.36. The van der Waals surface area contributed by atoms with E-state index >= 15 is 0 Å². The predicted molar refractivity (Wildman–Crippen MR) is 119 cm³/mol. The van der Waals surface area contributed by atoms with Crippen LogP contribution in [-0.4, -0.2) is 28.0 Å². The van der Waals surface area contributed by atoms with Crippen LogP contribution in [0.4, 0.5) is 0 Å². The number of hydrogen-bond acceptors (Lipinski definition) is 4. The number of ether oxygens (including phenoxy) is 1. The third-order valence-corrected chi connectivity index (χ3v) is 8.50. The van der Waals surface area contributed by atoms with E-state index in [1.165, 1.54) is 44.2 Å². The van der Waals surface area contributed by atoms with Crippen molar-refractivity contribution in [2.24, 2.45) is 23.7 Å². The van der Waals surface area contributed by atoms with Crippen LogP contribution in [0.15, 0.2) is 47.4 Å². The fourth-order valence-electron chi connectivity index (χ4n) is 4.88. The molecule has 0 heterocycles. The highest BCUT2D eigenvalue weighted by Crippen LogP contribution is 2.50. The van der Waals surface area contributed by atoms with Crippen LogP contribution in [0, 0.1) is 23.7 Å². The molecule has 30 heavy (non-hydrogen) atoms. The van der Waals surface area contributed by atoms with Gasteiger partial charge in [-0.2, -0.15) is 0 Å². The summed E-state index contributed by atoms with van der Waals surface area (Å²) < 4.78 is 33.0. The van der Waals surface area contributed by atoms with E-state index in [4.69, 9.17) is 23.2 Å². The molecule has 0 radical (unpaired) electrons. The number of rotatable bonds is 8. The van der Waals surface area contributed by atoms with Crippen LogP contribution < -0.4 is 4.72 Å². The van der Waals surface area contributed by atoms with Crippen molar-refractivity contribution < 1.29 is 17.9 Å². The van der Waals surface area contributed by atoms with E-state index in [1.54, 1.807) is 6.08 Å². The molecule has 3 saturated carbocycles. The molecule has 0 amide bonds. The second kappa shape index (κ2) is 10.3. The minimum absolute atomic E-state index is 0.0546. The second-order valence-electron chi connectivity index (χ2n) is 7.98. The first-order valence-electron chi connectivity index (χ1n) is 10.2. The maximum atomic E-state index is 12.8. The number of allylic oxidation sites excluding steroid dienone is 3. The summed E-state index contributed by atoms with van der Waals surface area (Å²) in [6.45, 7) is 0.402. The standard InChI is InChI=1S/C22H27Cl2NO4S/c1-29-22(26)6-4-2-3-5-18-15-7-9-16(10-8-15)19(18)14-25-30(27,28)21-12-11-17(23)13-20(21)24/h2-4,6,11-13,15-16,18-19,25H,5,7-10,14H2,1H3/t15?,16?,18-,19-/m0/s1. The van der Waals surface area contributed by atoms with Gasteiger partial charge in [-0.1, -0.05) is 41.4 Å². The fourth-order valence-corrected chi connectivity index (χ4v) is 6.72. The Kier molecular flexibility index (Phi) is 8.02. The molecule has 1 aromatic rings. The summed E-state index contributed by atoms with van der Waals surface area (Å²) in [5.41, 5.74) is 0. The molecule has 5 nitrogen and oxygen atoms in total. The van der Waals surface area contributed by atoms with E-state index < -0.39 is 10.0 Å². The number of nitrogens with one attached hydrogen (secondary N) is 1. The summed E-state index contributed by atoms with van der Waals surface area (Å²) in [4.78, 5) is 11.2. The highest BCUT2D eigenvalue weighted by Gasteiger charge is 2.43. The van der Waals surface area contributed by atoms with Crippen molar-refractivity contribution in [2.75, 3.05) is 13.7 Å². The number of halogens is 2. The van der Waals surface area contributed by atoms with E-state index in [0.717, 1.165) is 19.3 Å². The predicted octanol–water partition coefficient (Wildman–Crippen LogP) is 5.00. The zero-order chi connectivity index (χ0) is 21.7. The van der Waals surface area contributed by atoms with Crippen molar-refractivity contribution in [1.82, 2.24) is 4.72 Å². The summed E-state index contributed by atoms with van der Waals surface area (Å²) in [7, 11) is -2.36. The van der Waals surface area contributed by atoms with Crippen LogP contribution in [-0.2, 0) is 19.6 Å². The number of esters is 1. The Balaban J connectivity index is 1.67. The Morgan fingerprint density at radius 1 is 1.13 bits per heavy atom. The minimum atomic E-state index is -3.71. The quantitative estimate of drug-likeness (QED) is 0.328. The summed E-state index contributed by atoms with van der Waals surface area (Å²) in [5, 5.41) is 0.522. The van der Waals surface area contributed by atoms with Crippen LogP contribution in [0.25, 0.3) is 0 Å². The average molecular weight is 472 g/mol. The molecule has 0 saturated heterocycles. The van der Waals surface area contributed by atoms with Gasteiger partial charge in [0.2, 0.25) is 10.0 Å². The molecule has 1 N–H and O–H groups in total. The molecule has 8 heteroatoms. The molecule has 3 aliphatic carbocycles. The van der Waals surface area contributed by atoms with Gasteiger partial charge < -0.3 is 4.74 Å².